The molecule has 6 heteroatoms. The zero-order valence-corrected chi connectivity index (χ0v) is 13.8. The molecule has 0 saturated heterocycles. The van der Waals surface area contributed by atoms with E-state index in [0.717, 1.165) is 30.9 Å². The van der Waals surface area contributed by atoms with Gasteiger partial charge in [0.2, 0.25) is 0 Å². The molecule has 2 rings (SSSR count). The molecule has 118 valence electrons. The van der Waals surface area contributed by atoms with E-state index in [1.807, 2.05) is 11.9 Å². The lowest BCUT2D eigenvalue weighted by atomic mass is 10.1. The van der Waals surface area contributed by atoms with Crippen molar-refractivity contribution in [1.29, 1.82) is 0 Å². The molecule has 1 aromatic heterocycles. The van der Waals surface area contributed by atoms with Crippen LogP contribution in [0.1, 0.15) is 61.5 Å². The van der Waals surface area contributed by atoms with Crippen LogP contribution in [0.4, 0.5) is 10.9 Å². The number of nitrogens with zero attached hydrogens (tertiary/aromatic N) is 2. The molecule has 0 aliphatic heterocycles. The van der Waals surface area contributed by atoms with Crippen molar-refractivity contribution in [1.82, 2.24) is 9.88 Å². The third-order valence-electron chi connectivity index (χ3n) is 4.07. The highest BCUT2D eigenvalue weighted by atomic mass is 32.1. The molecule has 1 amide bonds. The summed E-state index contributed by atoms with van der Waals surface area (Å²) < 4.78 is 0. The lowest BCUT2D eigenvalue weighted by molar-refractivity contribution is 0.0723. The second-order valence-electron chi connectivity index (χ2n) is 5.72. The van der Waals surface area contributed by atoms with Crippen molar-refractivity contribution in [2.75, 3.05) is 24.6 Å². The monoisotopic (exact) mass is 310 g/mol. The van der Waals surface area contributed by atoms with Gasteiger partial charge in [0.05, 0.1) is 0 Å². The smallest absolute Gasteiger partial charge is 0.267 e. The molecule has 0 atom stereocenters. The van der Waals surface area contributed by atoms with Gasteiger partial charge in [-0.3, -0.25) is 4.79 Å². The minimum absolute atomic E-state index is 0.0152. The minimum Gasteiger partial charge on any atom is -0.382 e. The molecular weight excluding hydrogens is 284 g/mol. The summed E-state index contributed by atoms with van der Waals surface area (Å²) in [5.74, 6) is 0.366. The third-order valence-corrected chi connectivity index (χ3v) is 5.08. The van der Waals surface area contributed by atoms with Crippen molar-refractivity contribution >= 4 is 28.2 Å². The van der Waals surface area contributed by atoms with Gasteiger partial charge in [-0.1, -0.05) is 43.9 Å². The number of nitrogens with one attached hydrogen (secondary N) is 1. The van der Waals surface area contributed by atoms with Crippen LogP contribution in [-0.2, 0) is 0 Å². The highest BCUT2D eigenvalue weighted by Crippen LogP contribution is 2.28. The van der Waals surface area contributed by atoms with E-state index in [1.165, 1.54) is 37.0 Å². The van der Waals surface area contributed by atoms with E-state index >= 15 is 0 Å². The van der Waals surface area contributed by atoms with Gasteiger partial charge in [-0.25, -0.2) is 4.98 Å². The molecule has 3 N–H and O–H groups in total. The number of nitrogen functional groups attached to an aromatic ring is 1. The second kappa shape index (κ2) is 7.64. The van der Waals surface area contributed by atoms with Crippen molar-refractivity contribution in [3.05, 3.63) is 4.88 Å². The van der Waals surface area contributed by atoms with Crippen molar-refractivity contribution in [3.8, 4) is 0 Å². The third kappa shape index (κ3) is 4.09. The molecule has 1 fully saturated rings. The van der Waals surface area contributed by atoms with Crippen LogP contribution in [0, 0.1) is 0 Å². The Balaban J connectivity index is 2.05. The van der Waals surface area contributed by atoms with E-state index in [1.54, 1.807) is 0 Å². The van der Waals surface area contributed by atoms with Gasteiger partial charge in [0.1, 0.15) is 10.7 Å². The van der Waals surface area contributed by atoms with E-state index in [0.29, 0.717) is 16.7 Å². The van der Waals surface area contributed by atoms with E-state index in [2.05, 4.69) is 17.2 Å². The summed E-state index contributed by atoms with van der Waals surface area (Å²) in [4.78, 5) is 19.3. The zero-order chi connectivity index (χ0) is 15.2. The lowest BCUT2D eigenvalue weighted by Gasteiger charge is -2.26. The largest absolute Gasteiger partial charge is 0.382 e. The molecule has 21 heavy (non-hydrogen) atoms. The Morgan fingerprint density at radius 1 is 1.38 bits per heavy atom. The van der Waals surface area contributed by atoms with Crippen molar-refractivity contribution in [3.63, 3.8) is 0 Å². The summed E-state index contributed by atoms with van der Waals surface area (Å²) in [7, 11) is 1.90. The summed E-state index contributed by atoms with van der Waals surface area (Å²) in [5.41, 5.74) is 5.92. The maximum absolute atomic E-state index is 12.7. The van der Waals surface area contributed by atoms with Gasteiger partial charge >= 0.3 is 0 Å². The summed E-state index contributed by atoms with van der Waals surface area (Å²) in [6.45, 7) is 2.94. The minimum atomic E-state index is 0.0152. The Kier molecular flexibility index (Phi) is 5.85. The number of nitrogens with two attached hydrogens (primary N) is 1. The number of hydrogen-bond acceptors (Lipinski definition) is 5. The normalized spacial score (nSPS) is 16.5. The predicted molar refractivity (Wildman–Crippen MR) is 88.9 cm³/mol. The summed E-state index contributed by atoms with van der Waals surface area (Å²) in [5, 5.41) is 3.94. The molecule has 1 aliphatic rings. The van der Waals surface area contributed by atoms with E-state index in [4.69, 9.17) is 5.73 Å². The lowest BCUT2D eigenvalue weighted by Crippen LogP contribution is -2.36. The molecule has 0 aromatic carbocycles. The molecule has 0 unspecified atom stereocenters. The van der Waals surface area contributed by atoms with Crippen LogP contribution < -0.4 is 11.1 Å². The van der Waals surface area contributed by atoms with Gasteiger partial charge in [0.25, 0.3) is 5.91 Å². The van der Waals surface area contributed by atoms with Crippen molar-refractivity contribution < 1.29 is 4.79 Å². The highest BCUT2D eigenvalue weighted by Gasteiger charge is 2.25. The maximum atomic E-state index is 12.7. The Labute approximate surface area is 130 Å². The summed E-state index contributed by atoms with van der Waals surface area (Å²) >= 11 is 1.37. The van der Waals surface area contributed by atoms with E-state index in [-0.39, 0.29) is 5.91 Å². The summed E-state index contributed by atoms with van der Waals surface area (Å²) in [6.07, 6.45) is 8.21. The quantitative estimate of drug-likeness (QED) is 0.818. The molecule has 0 bridgehead atoms. The maximum Gasteiger partial charge on any atom is 0.267 e. The van der Waals surface area contributed by atoms with Gasteiger partial charge in [-0.2, -0.15) is 0 Å². The fraction of sp³-hybridized carbons (Fsp3) is 0.733. The second-order valence-corrected chi connectivity index (χ2v) is 6.72. The van der Waals surface area contributed by atoms with Crippen LogP contribution in [0.3, 0.4) is 0 Å². The number of rotatable bonds is 5. The van der Waals surface area contributed by atoms with Crippen molar-refractivity contribution in [2.45, 2.75) is 57.9 Å². The Bertz CT molecular complexity index is 466. The molecule has 1 aliphatic carbocycles. The first-order valence-electron chi connectivity index (χ1n) is 7.90. The first-order chi connectivity index (χ1) is 10.1. The number of aromatic nitrogens is 1. The van der Waals surface area contributed by atoms with E-state index in [9.17, 15) is 4.79 Å². The van der Waals surface area contributed by atoms with Gasteiger partial charge < -0.3 is 16.0 Å². The number of thiazole rings is 1. The molecule has 0 radical (unpaired) electrons. The average molecular weight is 310 g/mol. The molecule has 1 aromatic rings. The van der Waals surface area contributed by atoms with Crippen LogP contribution in [0.15, 0.2) is 0 Å². The van der Waals surface area contributed by atoms with Gasteiger partial charge in [0, 0.05) is 19.6 Å². The van der Waals surface area contributed by atoms with Crippen LogP contribution >= 0.6 is 11.3 Å². The molecule has 0 spiro atoms. The zero-order valence-electron chi connectivity index (χ0n) is 13.0. The molecule has 1 heterocycles. The SMILES string of the molecule is CCCNc1nc(N)c(C(=O)N(C)C2CCCCCC2)s1. The number of anilines is 2. The van der Waals surface area contributed by atoms with Crippen LogP contribution in [0.25, 0.3) is 0 Å². The van der Waals surface area contributed by atoms with Gasteiger partial charge in [0.15, 0.2) is 5.13 Å². The molecule has 1 saturated carbocycles. The first kappa shape index (κ1) is 16.1. The van der Waals surface area contributed by atoms with Crippen LogP contribution in [0.5, 0.6) is 0 Å². The topological polar surface area (TPSA) is 71.2 Å². The molecule has 5 nitrogen and oxygen atoms in total. The van der Waals surface area contributed by atoms with Crippen molar-refractivity contribution in [2.24, 2.45) is 0 Å². The van der Waals surface area contributed by atoms with Crippen LogP contribution in [-0.4, -0.2) is 35.4 Å². The highest BCUT2D eigenvalue weighted by molar-refractivity contribution is 7.18. The Hall–Kier alpha value is -1.30. The number of amides is 1. The van der Waals surface area contributed by atoms with Gasteiger partial charge in [-0.15, -0.1) is 0 Å². The van der Waals surface area contributed by atoms with E-state index < -0.39 is 0 Å². The summed E-state index contributed by atoms with van der Waals surface area (Å²) in [6, 6.07) is 0.341. The molecular formula is C15H26N4OS. The number of hydrogen-bond donors (Lipinski definition) is 2. The number of carbonyl (C=O) groups is 1. The Morgan fingerprint density at radius 2 is 2.05 bits per heavy atom. The standard InChI is InChI=1S/C15H26N4OS/c1-3-10-17-15-18-13(16)12(21-15)14(20)19(2)11-8-6-4-5-7-9-11/h11H,3-10,16H2,1-2H3,(H,17,18). The predicted octanol–water partition coefficient (Wildman–Crippen LogP) is 3.34. The number of carbonyl (C=O) groups excluding carboxylic acids is 1. The fourth-order valence-corrected chi connectivity index (χ4v) is 3.66. The van der Waals surface area contributed by atoms with Gasteiger partial charge in [-0.05, 0) is 19.3 Å². The first-order valence-corrected chi connectivity index (χ1v) is 8.72. The van der Waals surface area contributed by atoms with Crippen LogP contribution in [0.2, 0.25) is 0 Å². The Morgan fingerprint density at radius 3 is 2.67 bits per heavy atom. The fourth-order valence-electron chi connectivity index (χ4n) is 2.76. The average Bonchev–Trinajstić information content (AvgIpc) is 2.69.